The molecule has 1 fully saturated rings. The molecule has 49 heavy (non-hydrogen) atoms. The minimum Gasteiger partial charge on any atom is -0.465 e. The summed E-state index contributed by atoms with van der Waals surface area (Å²) in [4.78, 5) is 54.5. The van der Waals surface area contributed by atoms with Crippen LogP contribution in [0.4, 0.5) is 14.0 Å². The highest BCUT2D eigenvalue weighted by Crippen LogP contribution is 2.45. The van der Waals surface area contributed by atoms with Gasteiger partial charge in [-0.25, -0.2) is 19.0 Å². The third kappa shape index (κ3) is 7.26. The molecule has 0 bridgehead atoms. The lowest BCUT2D eigenvalue weighted by molar-refractivity contribution is -0.148. The zero-order valence-electron chi connectivity index (χ0n) is 29.3. The van der Waals surface area contributed by atoms with Crippen LogP contribution >= 0.6 is 0 Å². The van der Waals surface area contributed by atoms with Crippen molar-refractivity contribution >= 4 is 29.1 Å². The number of rotatable bonds is 2. The first kappa shape index (κ1) is 35.8. The summed E-state index contributed by atoms with van der Waals surface area (Å²) in [6, 6.07) is 2.90. The van der Waals surface area contributed by atoms with Crippen molar-refractivity contribution in [3.8, 4) is 11.4 Å². The van der Waals surface area contributed by atoms with Gasteiger partial charge in [0.15, 0.2) is 0 Å². The first-order valence-corrected chi connectivity index (χ1v) is 16.8. The Morgan fingerprint density at radius 2 is 1.84 bits per heavy atom. The second-order valence-corrected chi connectivity index (χ2v) is 14.0. The van der Waals surface area contributed by atoms with Crippen molar-refractivity contribution in [3.63, 3.8) is 0 Å². The standard InChI is InChI=1S/C29H30FN3O5.C4H9N.C3H7NO2/c1-6-14-16-9-22-25-17(11-33(22)26(34)18(16)12-37-27(14)35)24-20(32-28(36)38-29(3,4)5)8-7-15-13(2)19(30)10-21(31-25)23(15)24;1-2-4-5-3-1;1-4(2)3(5)6/h9-10,14,20H,6-8,11-12H2,1-5H3,(H,32,36);5H,1-4H2;1-2H3,(H,5,6). The molecule has 4 aliphatic rings. The van der Waals surface area contributed by atoms with Gasteiger partial charge < -0.3 is 34.7 Å². The molecule has 1 aromatic carbocycles. The lowest BCUT2D eigenvalue weighted by Gasteiger charge is -2.30. The number of alkyl carbamates (subject to hydrolysis) is 1. The lowest BCUT2D eigenvalue weighted by Crippen LogP contribution is -2.36. The average Bonchev–Trinajstić information content (AvgIpc) is 3.72. The van der Waals surface area contributed by atoms with Crippen LogP contribution in [0.2, 0.25) is 0 Å². The largest absolute Gasteiger partial charge is 0.465 e. The van der Waals surface area contributed by atoms with Gasteiger partial charge in [-0.15, -0.1) is 0 Å². The number of nitrogens with one attached hydrogen (secondary N) is 2. The monoisotopic (exact) mass is 679 g/mol. The van der Waals surface area contributed by atoms with Crippen LogP contribution in [0.25, 0.3) is 22.3 Å². The van der Waals surface area contributed by atoms with E-state index < -0.39 is 29.7 Å². The highest BCUT2D eigenvalue weighted by atomic mass is 19.1. The number of aromatic nitrogens is 2. The molecule has 12 nitrogen and oxygen atoms in total. The second-order valence-electron chi connectivity index (χ2n) is 14.0. The summed E-state index contributed by atoms with van der Waals surface area (Å²) in [5.41, 5.74) is 5.05. The second kappa shape index (κ2) is 14.1. The number of aryl methyl sites for hydroxylation is 1. The number of fused-ring (bicyclic) bond motifs is 5. The van der Waals surface area contributed by atoms with Crippen LogP contribution in [-0.4, -0.2) is 70.5 Å². The van der Waals surface area contributed by atoms with E-state index in [9.17, 15) is 23.6 Å². The van der Waals surface area contributed by atoms with Gasteiger partial charge in [0.2, 0.25) is 0 Å². The SMILES string of the molecule is C1CCNC1.CCC1C(=O)OCc2c1cc1n(c2=O)Cc2c-1nc1cc(F)c(C)c3c1c2C(NC(=O)OC(C)(C)C)CC3.CN(C)C(=O)O. The van der Waals surface area contributed by atoms with Crippen LogP contribution in [0.3, 0.4) is 0 Å². The van der Waals surface area contributed by atoms with Crippen molar-refractivity contribution in [1.29, 1.82) is 0 Å². The molecule has 2 amide bonds. The number of carboxylic acid groups (broad SMARTS) is 1. The minimum absolute atomic E-state index is 0.0558. The van der Waals surface area contributed by atoms with Gasteiger partial charge in [-0.2, -0.15) is 0 Å². The van der Waals surface area contributed by atoms with E-state index in [2.05, 4.69) is 10.6 Å². The first-order valence-electron chi connectivity index (χ1n) is 16.8. The van der Waals surface area contributed by atoms with Gasteiger partial charge >= 0.3 is 18.2 Å². The number of carbonyl (C=O) groups excluding carboxylic acids is 2. The Balaban J connectivity index is 0.000000366. The summed E-state index contributed by atoms with van der Waals surface area (Å²) in [7, 11) is 2.95. The summed E-state index contributed by atoms with van der Waals surface area (Å²) < 4.78 is 27.5. The fourth-order valence-electron chi connectivity index (χ4n) is 6.80. The molecule has 13 heteroatoms. The first-order chi connectivity index (χ1) is 23.1. The molecule has 264 valence electrons. The quantitative estimate of drug-likeness (QED) is 0.232. The number of nitrogens with zero attached hydrogens (tertiary/aromatic N) is 3. The number of ether oxygens (including phenoxy) is 2. The van der Waals surface area contributed by atoms with Crippen molar-refractivity contribution < 1.29 is 33.4 Å². The maximum atomic E-state index is 15.0. The van der Waals surface area contributed by atoms with Gasteiger partial charge in [0.1, 0.15) is 18.0 Å². The van der Waals surface area contributed by atoms with Crippen LogP contribution in [0, 0.1) is 12.7 Å². The summed E-state index contributed by atoms with van der Waals surface area (Å²) in [5, 5.41) is 15.0. The van der Waals surface area contributed by atoms with E-state index in [0.717, 1.165) is 27.0 Å². The molecule has 0 radical (unpaired) electrons. The number of halogens is 1. The van der Waals surface area contributed by atoms with E-state index in [0.29, 0.717) is 52.9 Å². The molecule has 5 heterocycles. The van der Waals surface area contributed by atoms with Gasteiger partial charge in [-0.3, -0.25) is 9.59 Å². The lowest BCUT2D eigenvalue weighted by atomic mass is 9.81. The molecule has 1 saturated heterocycles. The molecule has 3 aliphatic heterocycles. The third-order valence-electron chi connectivity index (χ3n) is 9.23. The highest BCUT2D eigenvalue weighted by molar-refractivity contribution is 5.93. The van der Waals surface area contributed by atoms with Gasteiger partial charge in [-0.05, 0) is 101 Å². The van der Waals surface area contributed by atoms with Crippen LogP contribution in [-0.2, 0) is 33.8 Å². The Morgan fingerprint density at radius 1 is 1.16 bits per heavy atom. The van der Waals surface area contributed by atoms with E-state index in [1.54, 1.807) is 32.3 Å². The van der Waals surface area contributed by atoms with E-state index in [4.69, 9.17) is 19.6 Å². The molecule has 7 rings (SSSR count). The average molecular weight is 680 g/mol. The summed E-state index contributed by atoms with van der Waals surface area (Å²) in [6.07, 6.45) is 2.98. The topological polar surface area (TPSA) is 152 Å². The van der Waals surface area contributed by atoms with Crippen LogP contribution in [0.5, 0.6) is 0 Å². The molecule has 3 aromatic rings. The molecule has 2 aromatic heterocycles. The maximum absolute atomic E-state index is 15.0. The van der Waals surface area contributed by atoms with Crippen molar-refractivity contribution in [3.05, 3.63) is 61.7 Å². The Morgan fingerprint density at radius 3 is 2.41 bits per heavy atom. The molecule has 0 saturated carbocycles. The number of hydrogen-bond acceptors (Lipinski definition) is 8. The van der Waals surface area contributed by atoms with Gasteiger partial charge in [-0.1, -0.05) is 6.92 Å². The fraction of sp³-hybridized carbons (Fsp3) is 0.528. The molecular formula is C36H46FN5O7. The number of pyridine rings is 2. The molecule has 2 unspecified atom stereocenters. The predicted octanol–water partition coefficient (Wildman–Crippen LogP) is 5.53. The van der Waals surface area contributed by atoms with Crippen molar-refractivity contribution in [2.75, 3.05) is 27.2 Å². The zero-order chi connectivity index (χ0) is 35.8. The highest BCUT2D eigenvalue weighted by Gasteiger charge is 2.38. The van der Waals surface area contributed by atoms with E-state index in [1.807, 2.05) is 13.0 Å². The minimum atomic E-state index is -0.907. The summed E-state index contributed by atoms with van der Waals surface area (Å²) >= 11 is 0. The Bertz CT molecular complexity index is 1850. The third-order valence-corrected chi connectivity index (χ3v) is 9.23. The maximum Gasteiger partial charge on any atom is 0.408 e. The van der Waals surface area contributed by atoms with Crippen LogP contribution < -0.4 is 16.2 Å². The smallest absolute Gasteiger partial charge is 0.408 e. The van der Waals surface area contributed by atoms with Gasteiger partial charge in [0, 0.05) is 31.1 Å². The number of cyclic esters (lactones) is 1. The normalized spacial score (nSPS) is 18.5. The Labute approximate surface area is 285 Å². The van der Waals surface area contributed by atoms with E-state index >= 15 is 0 Å². The van der Waals surface area contributed by atoms with Crippen molar-refractivity contribution in [2.24, 2.45) is 0 Å². The Kier molecular flexibility index (Phi) is 10.3. The van der Waals surface area contributed by atoms with Gasteiger partial charge in [0.05, 0.1) is 41.0 Å². The van der Waals surface area contributed by atoms with Gasteiger partial charge in [0.25, 0.3) is 5.56 Å². The van der Waals surface area contributed by atoms with Crippen LogP contribution in [0.1, 0.15) is 98.7 Å². The fourth-order valence-corrected chi connectivity index (χ4v) is 6.80. The van der Waals surface area contributed by atoms with Crippen molar-refractivity contribution in [2.45, 2.75) is 97.4 Å². The van der Waals surface area contributed by atoms with E-state index in [1.165, 1.54) is 46.1 Å². The zero-order valence-corrected chi connectivity index (χ0v) is 29.3. The molecule has 2 atom stereocenters. The van der Waals surface area contributed by atoms with Crippen LogP contribution in [0.15, 0.2) is 16.9 Å². The molecule has 3 N–H and O–H groups in total. The molecule has 0 spiro atoms. The Hall–Kier alpha value is -4.52. The number of benzene rings is 1. The molecule has 1 aliphatic carbocycles. The molecular weight excluding hydrogens is 633 g/mol. The number of amides is 2. The number of hydrogen-bond donors (Lipinski definition) is 3. The number of carbonyl (C=O) groups is 3. The predicted molar refractivity (Wildman–Crippen MR) is 182 cm³/mol. The van der Waals surface area contributed by atoms with Crippen molar-refractivity contribution in [1.82, 2.24) is 25.1 Å². The summed E-state index contributed by atoms with van der Waals surface area (Å²) in [6.45, 7) is 11.8. The summed E-state index contributed by atoms with van der Waals surface area (Å²) in [5.74, 6) is -1.19. The number of esters is 1. The van der Waals surface area contributed by atoms with E-state index in [-0.39, 0.29) is 30.5 Å².